The van der Waals surface area contributed by atoms with Gasteiger partial charge in [-0.05, 0) is 12.5 Å². The van der Waals surface area contributed by atoms with Crippen molar-refractivity contribution in [2.45, 2.75) is 33.3 Å². The van der Waals surface area contributed by atoms with E-state index in [1.54, 1.807) is 18.3 Å². The summed E-state index contributed by atoms with van der Waals surface area (Å²) in [5, 5.41) is 12.1. The first-order valence-electron chi connectivity index (χ1n) is 6.10. The number of hydrogen-bond acceptors (Lipinski definition) is 4. The third-order valence-corrected chi connectivity index (χ3v) is 2.42. The van der Waals surface area contributed by atoms with Crippen LogP contribution < -0.4 is 10.1 Å². The number of ether oxygens (including phenoxy) is 1. The normalized spacial score (nSPS) is 12.3. The van der Waals surface area contributed by atoms with Crippen molar-refractivity contribution >= 4 is 11.7 Å². The van der Waals surface area contributed by atoms with Gasteiger partial charge >= 0.3 is 0 Å². The Balaban J connectivity index is 2.59. The summed E-state index contributed by atoms with van der Waals surface area (Å²) in [4.78, 5) is 15.5. The van der Waals surface area contributed by atoms with Crippen LogP contribution in [-0.2, 0) is 4.79 Å². The number of rotatable bonds is 6. The zero-order valence-electron chi connectivity index (χ0n) is 11.0. The number of aliphatic hydroxyl groups is 1. The number of aromatic nitrogens is 1. The number of hydrogen-bond donors (Lipinski definition) is 2. The molecule has 5 heteroatoms. The van der Waals surface area contributed by atoms with Gasteiger partial charge in [0.2, 0.25) is 5.91 Å². The molecule has 0 saturated heterocycles. The molecule has 0 radical (unpaired) electrons. The molecule has 1 rings (SSSR count). The average Bonchev–Trinajstić information content (AvgIpc) is 2.36. The lowest BCUT2D eigenvalue weighted by Crippen LogP contribution is -2.19. The van der Waals surface area contributed by atoms with Crippen molar-refractivity contribution in [2.75, 3.05) is 11.9 Å². The van der Waals surface area contributed by atoms with Gasteiger partial charge in [0, 0.05) is 18.2 Å². The molecular weight excluding hydrogens is 232 g/mol. The lowest BCUT2D eigenvalue weighted by atomic mass is 10.2. The third kappa shape index (κ3) is 4.71. The van der Waals surface area contributed by atoms with E-state index in [4.69, 9.17) is 4.74 Å². The van der Waals surface area contributed by atoms with Crippen LogP contribution in [0.5, 0.6) is 5.75 Å². The number of aliphatic hydroxyl groups excluding tert-OH is 1. The van der Waals surface area contributed by atoms with Gasteiger partial charge in [-0.1, -0.05) is 20.8 Å². The fourth-order valence-electron chi connectivity index (χ4n) is 1.15. The molecule has 0 bridgehead atoms. The van der Waals surface area contributed by atoms with Crippen LogP contribution in [0.1, 0.15) is 27.2 Å². The van der Waals surface area contributed by atoms with Crippen molar-refractivity contribution in [1.29, 1.82) is 0 Å². The molecule has 0 aromatic carbocycles. The van der Waals surface area contributed by atoms with E-state index in [1.165, 1.54) is 0 Å². The summed E-state index contributed by atoms with van der Waals surface area (Å²) in [6.07, 6.45) is 1.72. The number of amides is 1. The summed E-state index contributed by atoms with van der Waals surface area (Å²) >= 11 is 0. The minimum Gasteiger partial charge on any atom is -0.491 e. The standard InChI is InChI=1S/C13H20N2O3/c1-4-10(16)8-18-11-5-6-14-12(7-11)15-13(17)9(2)3/h5-7,9-10,16H,4,8H2,1-3H3,(H,14,15,17)/t10-/m0/s1. The first kappa shape index (κ1) is 14.4. The second-order valence-corrected chi connectivity index (χ2v) is 4.39. The van der Waals surface area contributed by atoms with Crippen LogP contribution in [-0.4, -0.2) is 28.7 Å². The van der Waals surface area contributed by atoms with Crippen LogP contribution in [0, 0.1) is 5.92 Å². The van der Waals surface area contributed by atoms with Gasteiger partial charge in [-0.25, -0.2) is 4.98 Å². The number of carbonyl (C=O) groups is 1. The van der Waals surface area contributed by atoms with Crippen LogP contribution in [0.4, 0.5) is 5.82 Å². The second-order valence-electron chi connectivity index (χ2n) is 4.39. The minimum absolute atomic E-state index is 0.0896. The first-order valence-corrected chi connectivity index (χ1v) is 6.10. The van der Waals surface area contributed by atoms with Gasteiger partial charge in [0.05, 0.1) is 6.10 Å². The van der Waals surface area contributed by atoms with E-state index < -0.39 is 6.10 Å². The molecular formula is C13H20N2O3. The molecule has 0 aliphatic rings. The zero-order chi connectivity index (χ0) is 13.5. The SMILES string of the molecule is CC[C@H](O)COc1ccnc(NC(=O)C(C)C)c1. The van der Waals surface area contributed by atoms with Crippen LogP contribution in [0.2, 0.25) is 0 Å². The molecule has 1 heterocycles. The summed E-state index contributed by atoms with van der Waals surface area (Å²) in [6, 6.07) is 3.33. The third-order valence-electron chi connectivity index (χ3n) is 2.42. The van der Waals surface area contributed by atoms with E-state index in [9.17, 15) is 9.90 Å². The predicted octanol–water partition coefficient (Wildman–Crippen LogP) is 1.83. The Kier molecular flexibility index (Phi) is 5.58. The fourth-order valence-corrected chi connectivity index (χ4v) is 1.15. The van der Waals surface area contributed by atoms with Gasteiger partial charge in [-0.15, -0.1) is 0 Å². The number of anilines is 1. The fraction of sp³-hybridized carbons (Fsp3) is 0.538. The van der Waals surface area contributed by atoms with Crippen LogP contribution in [0.15, 0.2) is 18.3 Å². The highest BCUT2D eigenvalue weighted by Crippen LogP contribution is 2.15. The Morgan fingerprint density at radius 2 is 2.28 bits per heavy atom. The maximum Gasteiger partial charge on any atom is 0.228 e. The zero-order valence-corrected chi connectivity index (χ0v) is 11.0. The molecule has 0 saturated carbocycles. The van der Waals surface area contributed by atoms with Crippen LogP contribution in [0.25, 0.3) is 0 Å². The number of nitrogens with zero attached hydrogens (tertiary/aromatic N) is 1. The summed E-state index contributed by atoms with van der Waals surface area (Å²) in [5.41, 5.74) is 0. The Labute approximate surface area is 107 Å². The molecule has 0 aliphatic carbocycles. The van der Waals surface area contributed by atoms with E-state index in [0.717, 1.165) is 0 Å². The topological polar surface area (TPSA) is 71.5 Å². The molecule has 5 nitrogen and oxygen atoms in total. The molecule has 0 aliphatic heterocycles. The lowest BCUT2D eigenvalue weighted by molar-refractivity contribution is -0.118. The Morgan fingerprint density at radius 1 is 1.56 bits per heavy atom. The molecule has 0 fully saturated rings. The van der Waals surface area contributed by atoms with E-state index in [0.29, 0.717) is 18.0 Å². The summed E-state index contributed by atoms with van der Waals surface area (Å²) in [5.74, 6) is 0.847. The van der Waals surface area contributed by atoms with Gasteiger partial charge in [-0.3, -0.25) is 4.79 Å². The molecule has 1 aromatic heterocycles. The maximum atomic E-state index is 11.5. The number of nitrogens with one attached hydrogen (secondary N) is 1. The Bertz CT molecular complexity index is 394. The van der Waals surface area contributed by atoms with Gasteiger partial charge < -0.3 is 15.2 Å². The molecule has 1 atom stereocenters. The lowest BCUT2D eigenvalue weighted by Gasteiger charge is -2.11. The van der Waals surface area contributed by atoms with Crippen LogP contribution >= 0.6 is 0 Å². The summed E-state index contributed by atoms with van der Waals surface area (Å²) in [6.45, 7) is 5.74. The smallest absolute Gasteiger partial charge is 0.228 e. The molecule has 0 unspecified atom stereocenters. The van der Waals surface area contributed by atoms with Crippen molar-refractivity contribution < 1.29 is 14.6 Å². The Morgan fingerprint density at radius 3 is 2.89 bits per heavy atom. The predicted molar refractivity (Wildman–Crippen MR) is 69.5 cm³/mol. The van der Waals surface area contributed by atoms with Gasteiger partial charge in [-0.2, -0.15) is 0 Å². The molecule has 0 spiro atoms. The van der Waals surface area contributed by atoms with Crippen molar-refractivity contribution in [3.8, 4) is 5.75 Å². The van der Waals surface area contributed by atoms with E-state index in [2.05, 4.69) is 10.3 Å². The summed E-state index contributed by atoms with van der Waals surface area (Å²) < 4.78 is 5.40. The van der Waals surface area contributed by atoms with E-state index in [1.807, 2.05) is 20.8 Å². The van der Waals surface area contributed by atoms with Crippen molar-refractivity contribution in [2.24, 2.45) is 5.92 Å². The van der Waals surface area contributed by atoms with E-state index >= 15 is 0 Å². The summed E-state index contributed by atoms with van der Waals surface area (Å²) in [7, 11) is 0. The van der Waals surface area contributed by atoms with E-state index in [-0.39, 0.29) is 18.4 Å². The molecule has 18 heavy (non-hydrogen) atoms. The largest absolute Gasteiger partial charge is 0.491 e. The highest BCUT2D eigenvalue weighted by atomic mass is 16.5. The maximum absolute atomic E-state index is 11.5. The van der Waals surface area contributed by atoms with Gasteiger partial charge in [0.1, 0.15) is 18.2 Å². The van der Waals surface area contributed by atoms with Crippen molar-refractivity contribution in [1.82, 2.24) is 4.98 Å². The highest BCUT2D eigenvalue weighted by molar-refractivity contribution is 5.91. The van der Waals surface area contributed by atoms with Gasteiger partial charge in [0.25, 0.3) is 0 Å². The number of pyridine rings is 1. The second kappa shape index (κ2) is 6.96. The van der Waals surface area contributed by atoms with Crippen molar-refractivity contribution in [3.05, 3.63) is 18.3 Å². The van der Waals surface area contributed by atoms with Crippen LogP contribution in [0.3, 0.4) is 0 Å². The molecule has 1 aromatic rings. The van der Waals surface area contributed by atoms with Gasteiger partial charge in [0.15, 0.2) is 0 Å². The average molecular weight is 252 g/mol. The monoisotopic (exact) mass is 252 g/mol. The first-order chi connectivity index (χ1) is 8.52. The quantitative estimate of drug-likeness (QED) is 0.810. The minimum atomic E-state index is -0.480. The molecule has 2 N–H and O–H groups in total. The molecule has 100 valence electrons. The Hall–Kier alpha value is -1.62. The highest BCUT2D eigenvalue weighted by Gasteiger charge is 2.08. The molecule has 1 amide bonds. The number of carbonyl (C=O) groups excluding carboxylic acids is 1. The van der Waals surface area contributed by atoms with Crippen molar-refractivity contribution in [3.63, 3.8) is 0 Å².